The molecule has 0 bridgehead atoms. The summed E-state index contributed by atoms with van der Waals surface area (Å²) in [5.74, 6) is 0. The van der Waals surface area contributed by atoms with Crippen LogP contribution in [0.25, 0.3) is 0 Å². The first-order chi connectivity index (χ1) is 9.83. The highest BCUT2D eigenvalue weighted by molar-refractivity contribution is 8.14. The molecule has 1 fully saturated rings. The van der Waals surface area contributed by atoms with Gasteiger partial charge in [0.2, 0.25) is 0 Å². The molecule has 0 spiro atoms. The van der Waals surface area contributed by atoms with E-state index in [2.05, 4.69) is 40.0 Å². The minimum Gasteiger partial charge on any atom is -0.363 e. The Labute approximate surface area is 122 Å². The van der Waals surface area contributed by atoms with Gasteiger partial charge in [-0.25, -0.2) is 0 Å². The molecular formula is C15H16N4S. The molecule has 3 unspecified atom stereocenters. The third-order valence-corrected chi connectivity index (χ3v) is 4.92. The topological polar surface area (TPSA) is 44.3 Å². The molecule has 0 aromatic carbocycles. The predicted molar refractivity (Wildman–Crippen MR) is 81.7 cm³/mol. The summed E-state index contributed by atoms with van der Waals surface area (Å²) in [6.45, 7) is 3.31. The Morgan fingerprint density at radius 3 is 3.00 bits per heavy atom. The fraction of sp³-hybridized carbons (Fsp3) is 0.333. The maximum Gasteiger partial charge on any atom is 0.160 e. The van der Waals surface area contributed by atoms with Gasteiger partial charge in [-0.2, -0.15) is 0 Å². The first-order valence-electron chi connectivity index (χ1n) is 6.88. The summed E-state index contributed by atoms with van der Waals surface area (Å²) in [7, 11) is 0. The molecule has 0 amide bonds. The third-order valence-electron chi connectivity index (χ3n) is 3.82. The van der Waals surface area contributed by atoms with Gasteiger partial charge in [0.25, 0.3) is 0 Å². The monoisotopic (exact) mass is 284 g/mol. The van der Waals surface area contributed by atoms with E-state index in [1.807, 2.05) is 36.3 Å². The third kappa shape index (κ3) is 1.85. The van der Waals surface area contributed by atoms with Crippen LogP contribution in [0.5, 0.6) is 0 Å². The average molecular weight is 284 g/mol. The average Bonchev–Trinajstić information content (AvgIpc) is 3.14. The van der Waals surface area contributed by atoms with E-state index in [4.69, 9.17) is 4.99 Å². The second-order valence-corrected chi connectivity index (χ2v) is 6.67. The Morgan fingerprint density at radius 2 is 2.25 bits per heavy atom. The summed E-state index contributed by atoms with van der Waals surface area (Å²) in [4.78, 5) is 15.2. The van der Waals surface area contributed by atoms with E-state index in [0.717, 1.165) is 17.4 Å². The maximum absolute atomic E-state index is 4.93. The van der Waals surface area contributed by atoms with Gasteiger partial charge in [0.05, 0.1) is 11.7 Å². The molecule has 4 heterocycles. The molecule has 4 nitrogen and oxygen atoms in total. The van der Waals surface area contributed by atoms with Gasteiger partial charge in [-0.1, -0.05) is 24.8 Å². The van der Waals surface area contributed by atoms with Crippen molar-refractivity contribution in [2.24, 2.45) is 4.99 Å². The second kappa shape index (κ2) is 4.66. The highest BCUT2D eigenvalue weighted by Crippen LogP contribution is 2.46. The van der Waals surface area contributed by atoms with Crippen LogP contribution in [0.4, 0.5) is 0 Å². The number of hydrogen-bond acceptors (Lipinski definition) is 4. The van der Waals surface area contributed by atoms with Crippen LogP contribution < -0.4 is 0 Å². The molecule has 0 aliphatic carbocycles. The predicted octanol–water partition coefficient (Wildman–Crippen LogP) is 3.00. The summed E-state index contributed by atoms with van der Waals surface area (Å²) >= 11 is 1.87. The molecule has 4 rings (SSSR count). The summed E-state index contributed by atoms with van der Waals surface area (Å²) in [5, 5.41) is 1.77. The molecule has 0 radical (unpaired) electrons. The zero-order valence-corrected chi connectivity index (χ0v) is 12.0. The van der Waals surface area contributed by atoms with Crippen molar-refractivity contribution in [1.29, 1.82) is 0 Å². The van der Waals surface area contributed by atoms with E-state index >= 15 is 0 Å². The van der Waals surface area contributed by atoms with Gasteiger partial charge < -0.3 is 9.88 Å². The van der Waals surface area contributed by atoms with E-state index in [0.29, 0.717) is 5.25 Å². The molecular weight excluding hydrogens is 268 g/mol. The van der Waals surface area contributed by atoms with Gasteiger partial charge in [0.1, 0.15) is 6.04 Å². The smallest absolute Gasteiger partial charge is 0.160 e. The fourth-order valence-corrected chi connectivity index (χ4v) is 4.08. The molecule has 102 valence electrons. The number of nitrogens with zero attached hydrogens (tertiary/aromatic N) is 3. The molecule has 0 saturated carbocycles. The van der Waals surface area contributed by atoms with E-state index in [1.165, 1.54) is 5.69 Å². The Bertz CT molecular complexity index is 623. The lowest BCUT2D eigenvalue weighted by Crippen LogP contribution is -2.28. The second-order valence-electron chi connectivity index (χ2n) is 5.26. The fourth-order valence-electron chi connectivity index (χ4n) is 2.98. The number of aromatic nitrogens is 2. The van der Waals surface area contributed by atoms with Crippen LogP contribution in [0, 0.1) is 0 Å². The molecule has 20 heavy (non-hydrogen) atoms. The number of nitrogens with one attached hydrogen (secondary N) is 1. The normalized spacial score (nSPS) is 28.6. The van der Waals surface area contributed by atoms with Crippen molar-refractivity contribution >= 4 is 16.9 Å². The van der Waals surface area contributed by atoms with Crippen LogP contribution in [0.3, 0.4) is 0 Å². The van der Waals surface area contributed by atoms with Crippen molar-refractivity contribution in [3.8, 4) is 0 Å². The van der Waals surface area contributed by atoms with Crippen LogP contribution in [0.1, 0.15) is 30.4 Å². The van der Waals surface area contributed by atoms with Crippen LogP contribution in [0.15, 0.2) is 47.7 Å². The summed E-state index contributed by atoms with van der Waals surface area (Å²) < 4.78 is 0. The van der Waals surface area contributed by atoms with Gasteiger partial charge in [0, 0.05) is 29.9 Å². The number of pyridine rings is 1. The highest BCUT2D eigenvalue weighted by Gasteiger charge is 2.43. The molecule has 2 aliphatic rings. The van der Waals surface area contributed by atoms with Crippen molar-refractivity contribution < 1.29 is 0 Å². The lowest BCUT2D eigenvalue weighted by Gasteiger charge is -2.26. The summed E-state index contributed by atoms with van der Waals surface area (Å²) in [6.07, 6.45) is 3.83. The number of fused-ring (bicyclic) bond motifs is 1. The number of aromatic amines is 1. The highest BCUT2D eigenvalue weighted by atomic mass is 32.2. The lowest BCUT2D eigenvalue weighted by atomic mass is 10.0. The molecule has 1 N–H and O–H groups in total. The Balaban J connectivity index is 1.77. The van der Waals surface area contributed by atoms with Crippen molar-refractivity contribution in [1.82, 2.24) is 14.9 Å². The number of amidine groups is 1. The van der Waals surface area contributed by atoms with E-state index in [-0.39, 0.29) is 12.1 Å². The minimum absolute atomic E-state index is 0.0878. The van der Waals surface area contributed by atoms with Crippen molar-refractivity contribution in [3.05, 3.63) is 54.1 Å². The number of H-pyrrole nitrogens is 1. The van der Waals surface area contributed by atoms with E-state index < -0.39 is 0 Å². The quantitative estimate of drug-likeness (QED) is 0.922. The van der Waals surface area contributed by atoms with Gasteiger partial charge in [0.15, 0.2) is 5.17 Å². The molecule has 1 saturated heterocycles. The Kier molecular flexibility index (Phi) is 2.80. The summed E-state index contributed by atoms with van der Waals surface area (Å²) in [6, 6.07) is 10.6. The Hall–Kier alpha value is -1.75. The standard InChI is InChI=1S/C15H16N4S/c1-10-9-19-14(12-6-4-8-17-12)13(18-15(19)20-10)11-5-2-3-7-16-11/h2-8,10,13-14,17H,9H2,1H3. The molecule has 2 aromatic heterocycles. The van der Waals surface area contributed by atoms with Crippen molar-refractivity contribution in [3.63, 3.8) is 0 Å². The molecule has 2 aromatic rings. The zero-order valence-electron chi connectivity index (χ0n) is 11.2. The molecule has 3 atom stereocenters. The first-order valence-corrected chi connectivity index (χ1v) is 7.76. The molecule has 5 heteroatoms. The van der Waals surface area contributed by atoms with Gasteiger partial charge in [-0.15, -0.1) is 0 Å². The van der Waals surface area contributed by atoms with Crippen LogP contribution in [-0.2, 0) is 0 Å². The maximum atomic E-state index is 4.93. The number of rotatable bonds is 2. The number of thioether (sulfide) groups is 1. The van der Waals surface area contributed by atoms with Crippen molar-refractivity contribution in [2.75, 3.05) is 6.54 Å². The van der Waals surface area contributed by atoms with Crippen LogP contribution in [-0.4, -0.2) is 31.8 Å². The van der Waals surface area contributed by atoms with Gasteiger partial charge in [-0.3, -0.25) is 9.98 Å². The van der Waals surface area contributed by atoms with Crippen molar-refractivity contribution in [2.45, 2.75) is 24.3 Å². The van der Waals surface area contributed by atoms with Gasteiger partial charge in [-0.05, 0) is 24.3 Å². The first kappa shape index (κ1) is 12.0. The minimum atomic E-state index is 0.0878. The number of aliphatic imine (C=N–C) groups is 1. The largest absolute Gasteiger partial charge is 0.363 e. The molecule has 2 aliphatic heterocycles. The van der Waals surface area contributed by atoms with E-state index in [9.17, 15) is 0 Å². The van der Waals surface area contributed by atoms with Gasteiger partial charge >= 0.3 is 0 Å². The van der Waals surface area contributed by atoms with Crippen LogP contribution >= 0.6 is 11.8 Å². The summed E-state index contributed by atoms with van der Waals surface area (Å²) in [5.41, 5.74) is 2.26. The van der Waals surface area contributed by atoms with Crippen LogP contribution in [0.2, 0.25) is 0 Å². The van der Waals surface area contributed by atoms with E-state index in [1.54, 1.807) is 0 Å². The SMILES string of the molecule is CC1CN2C(=NC(c3ccccn3)C2c2ccc[nH]2)S1. The Morgan fingerprint density at radius 1 is 1.30 bits per heavy atom. The zero-order chi connectivity index (χ0) is 13.5. The number of hydrogen-bond donors (Lipinski definition) is 1. The lowest BCUT2D eigenvalue weighted by molar-refractivity contribution is 0.316.